The number of hydrogen-bond donors (Lipinski definition) is 1. The molecule has 0 spiro atoms. The minimum atomic E-state index is -0.718. The summed E-state index contributed by atoms with van der Waals surface area (Å²) in [5, 5.41) is 2.47. The molecule has 3 rings (SSSR count). The number of fused-ring (bicyclic) bond motifs is 1. The van der Waals surface area contributed by atoms with Gasteiger partial charge in [0.25, 0.3) is 5.56 Å². The number of esters is 1. The standard InChI is InChI=1S/C20H17N3O4/c1-14(24)21-17(11-15-7-3-2-4-8-15)20(26)27-13-16-12-19(25)23-10-6-5-9-18(23)22-16/h2-12H,13H2,1H3,(H,21,24). The van der Waals surface area contributed by atoms with Gasteiger partial charge in [-0.15, -0.1) is 0 Å². The molecule has 2 heterocycles. The number of hydrogen-bond acceptors (Lipinski definition) is 5. The zero-order valence-electron chi connectivity index (χ0n) is 14.6. The molecule has 0 radical (unpaired) electrons. The number of carbonyl (C=O) groups excluding carboxylic acids is 2. The fraction of sp³-hybridized carbons (Fsp3) is 0.100. The number of benzene rings is 1. The fourth-order valence-electron chi connectivity index (χ4n) is 2.45. The van der Waals surface area contributed by atoms with E-state index in [0.717, 1.165) is 5.56 Å². The van der Waals surface area contributed by atoms with Crippen LogP contribution in [0.2, 0.25) is 0 Å². The largest absolute Gasteiger partial charge is 0.455 e. The number of ether oxygens (including phenoxy) is 1. The lowest BCUT2D eigenvalue weighted by Gasteiger charge is -2.09. The van der Waals surface area contributed by atoms with Crippen molar-refractivity contribution in [3.63, 3.8) is 0 Å². The molecule has 0 atom stereocenters. The van der Waals surface area contributed by atoms with E-state index in [2.05, 4.69) is 10.3 Å². The van der Waals surface area contributed by atoms with Gasteiger partial charge in [-0.05, 0) is 23.8 Å². The smallest absolute Gasteiger partial charge is 0.355 e. The van der Waals surface area contributed by atoms with Gasteiger partial charge in [0, 0.05) is 19.2 Å². The Morgan fingerprint density at radius 3 is 2.63 bits per heavy atom. The molecule has 3 aromatic rings. The molecule has 0 saturated carbocycles. The zero-order valence-corrected chi connectivity index (χ0v) is 14.6. The molecular formula is C20H17N3O4. The highest BCUT2D eigenvalue weighted by Crippen LogP contribution is 2.08. The third-order valence-corrected chi connectivity index (χ3v) is 3.62. The molecule has 0 aliphatic rings. The summed E-state index contributed by atoms with van der Waals surface area (Å²) in [7, 11) is 0. The third-order valence-electron chi connectivity index (χ3n) is 3.62. The van der Waals surface area contributed by atoms with Crippen LogP contribution in [0.15, 0.2) is 71.3 Å². The zero-order chi connectivity index (χ0) is 19.2. The fourth-order valence-corrected chi connectivity index (χ4v) is 2.45. The van der Waals surface area contributed by atoms with Gasteiger partial charge in [-0.1, -0.05) is 36.4 Å². The predicted molar refractivity (Wildman–Crippen MR) is 99.5 cm³/mol. The molecule has 0 aliphatic heterocycles. The van der Waals surface area contributed by atoms with Crippen LogP contribution in [0.5, 0.6) is 0 Å². The molecule has 1 aromatic carbocycles. The van der Waals surface area contributed by atoms with Gasteiger partial charge in [-0.3, -0.25) is 14.0 Å². The lowest BCUT2D eigenvalue weighted by molar-refractivity contribution is -0.141. The first-order valence-corrected chi connectivity index (χ1v) is 8.22. The highest BCUT2D eigenvalue weighted by atomic mass is 16.5. The van der Waals surface area contributed by atoms with Gasteiger partial charge in [-0.2, -0.15) is 0 Å². The lowest BCUT2D eigenvalue weighted by Crippen LogP contribution is -2.26. The van der Waals surface area contributed by atoms with E-state index in [1.165, 1.54) is 23.5 Å². The molecule has 0 fully saturated rings. The summed E-state index contributed by atoms with van der Waals surface area (Å²) >= 11 is 0. The van der Waals surface area contributed by atoms with Gasteiger partial charge in [0.2, 0.25) is 5.91 Å². The Bertz CT molecular complexity index is 1070. The molecule has 1 N–H and O–H groups in total. The summed E-state index contributed by atoms with van der Waals surface area (Å²) in [4.78, 5) is 40.2. The molecule has 7 heteroatoms. The molecular weight excluding hydrogens is 346 g/mol. The van der Waals surface area contributed by atoms with Crippen molar-refractivity contribution in [3.8, 4) is 0 Å². The van der Waals surface area contributed by atoms with Crippen molar-refractivity contribution in [1.82, 2.24) is 14.7 Å². The normalized spacial score (nSPS) is 11.2. The van der Waals surface area contributed by atoms with Crippen LogP contribution in [-0.4, -0.2) is 21.3 Å². The van der Waals surface area contributed by atoms with Gasteiger partial charge in [0.1, 0.15) is 18.0 Å². The minimum Gasteiger partial charge on any atom is -0.455 e. The average Bonchev–Trinajstić information content (AvgIpc) is 2.66. The highest BCUT2D eigenvalue weighted by molar-refractivity contribution is 5.97. The number of nitrogens with one attached hydrogen (secondary N) is 1. The Morgan fingerprint density at radius 2 is 1.89 bits per heavy atom. The third kappa shape index (κ3) is 4.66. The van der Waals surface area contributed by atoms with Crippen molar-refractivity contribution in [3.05, 3.63) is 88.1 Å². The maximum atomic E-state index is 12.4. The summed E-state index contributed by atoms with van der Waals surface area (Å²) in [5.41, 5.74) is 1.25. The first-order chi connectivity index (χ1) is 13.0. The monoisotopic (exact) mass is 363 g/mol. The number of nitrogens with zero attached hydrogens (tertiary/aromatic N) is 2. The molecule has 136 valence electrons. The maximum Gasteiger partial charge on any atom is 0.355 e. The van der Waals surface area contributed by atoms with E-state index >= 15 is 0 Å². The first kappa shape index (κ1) is 18.1. The van der Waals surface area contributed by atoms with E-state index < -0.39 is 11.9 Å². The number of amides is 1. The van der Waals surface area contributed by atoms with Crippen LogP contribution in [0.4, 0.5) is 0 Å². The van der Waals surface area contributed by atoms with Crippen molar-refractivity contribution >= 4 is 23.6 Å². The van der Waals surface area contributed by atoms with Gasteiger partial charge in [-0.25, -0.2) is 9.78 Å². The topological polar surface area (TPSA) is 89.8 Å². The van der Waals surface area contributed by atoms with Crippen molar-refractivity contribution in [2.24, 2.45) is 0 Å². The van der Waals surface area contributed by atoms with Gasteiger partial charge >= 0.3 is 5.97 Å². The van der Waals surface area contributed by atoms with Crippen molar-refractivity contribution in [2.75, 3.05) is 0 Å². The van der Waals surface area contributed by atoms with Crippen LogP contribution in [0.1, 0.15) is 18.2 Å². The predicted octanol–water partition coefficient (Wildman–Crippen LogP) is 1.91. The van der Waals surface area contributed by atoms with Gasteiger partial charge < -0.3 is 10.1 Å². The van der Waals surface area contributed by atoms with E-state index in [1.54, 1.807) is 36.5 Å². The molecule has 2 aromatic heterocycles. The Labute approximate surface area is 154 Å². The summed E-state index contributed by atoms with van der Waals surface area (Å²) in [6.07, 6.45) is 3.13. The summed E-state index contributed by atoms with van der Waals surface area (Å²) < 4.78 is 6.63. The molecule has 0 bridgehead atoms. The Balaban J connectivity index is 1.79. The van der Waals surface area contributed by atoms with Crippen molar-refractivity contribution in [1.29, 1.82) is 0 Å². The molecule has 0 unspecified atom stereocenters. The van der Waals surface area contributed by atoms with E-state index in [9.17, 15) is 14.4 Å². The summed E-state index contributed by atoms with van der Waals surface area (Å²) in [6.45, 7) is 1.11. The SMILES string of the molecule is CC(=O)NC(=Cc1ccccc1)C(=O)OCc1cc(=O)n2ccccc2n1. The Hall–Kier alpha value is -3.74. The van der Waals surface area contributed by atoms with Gasteiger partial charge in [0.15, 0.2) is 0 Å². The number of pyridine rings is 1. The van der Waals surface area contributed by atoms with E-state index in [1.807, 2.05) is 18.2 Å². The molecule has 7 nitrogen and oxygen atoms in total. The van der Waals surface area contributed by atoms with Crippen molar-refractivity contribution < 1.29 is 14.3 Å². The lowest BCUT2D eigenvalue weighted by atomic mass is 10.2. The molecule has 0 saturated heterocycles. The van der Waals surface area contributed by atoms with Crippen LogP contribution in [0, 0.1) is 0 Å². The Morgan fingerprint density at radius 1 is 1.15 bits per heavy atom. The molecule has 1 amide bonds. The minimum absolute atomic E-state index is 0.00575. The van der Waals surface area contributed by atoms with E-state index in [4.69, 9.17) is 4.74 Å². The number of rotatable bonds is 5. The average molecular weight is 363 g/mol. The second kappa shape index (κ2) is 8.09. The molecule has 0 aliphatic carbocycles. The van der Waals surface area contributed by atoms with Crippen LogP contribution < -0.4 is 10.9 Å². The summed E-state index contributed by atoms with van der Waals surface area (Å²) in [5.74, 6) is -1.11. The second-order valence-corrected chi connectivity index (χ2v) is 5.74. The van der Waals surface area contributed by atoms with Crippen LogP contribution in [0.25, 0.3) is 11.7 Å². The first-order valence-electron chi connectivity index (χ1n) is 8.22. The summed E-state index contributed by atoms with van der Waals surface area (Å²) in [6, 6.07) is 15.5. The van der Waals surface area contributed by atoms with Crippen LogP contribution >= 0.6 is 0 Å². The quantitative estimate of drug-likeness (QED) is 0.552. The highest BCUT2D eigenvalue weighted by Gasteiger charge is 2.14. The van der Waals surface area contributed by atoms with Crippen molar-refractivity contribution in [2.45, 2.75) is 13.5 Å². The van der Waals surface area contributed by atoms with Crippen LogP contribution in [0.3, 0.4) is 0 Å². The molecule has 27 heavy (non-hydrogen) atoms. The Kier molecular flexibility index (Phi) is 5.41. The number of carbonyl (C=O) groups is 2. The van der Waals surface area contributed by atoms with Gasteiger partial charge in [0.05, 0.1) is 5.69 Å². The van der Waals surface area contributed by atoms with Crippen LogP contribution in [-0.2, 0) is 20.9 Å². The maximum absolute atomic E-state index is 12.4. The number of aromatic nitrogens is 2. The van der Waals surface area contributed by atoms with E-state index in [0.29, 0.717) is 11.3 Å². The second-order valence-electron chi connectivity index (χ2n) is 5.74. The van der Waals surface area contributed by atoms with E-state index in [-0.39, 0.29) is 17.9 Å².